The molecular formula is C12H20N2O4. The molecule has 1 aliphatic heterocycles. The summed E-state index contributed by atoms with van der Waals surface area (Å²) in [6.45, 7) is 5.48. The molecule has 0 aromatic carbocycles. The lowest BCUT2D eigenvalue weighted by atomic mass is 9.89. The first-order chi connectivity index (χ1) is 8.33. The second kappa shape index (κ2) is 4.66. The Morgan fingerprint density at radius 3 is 2.83 bits per heavy atom. The summed E-state index contributed by atoms with van der Waals surface area (Å²) in [5.74, 6) is 0. The Hall–Kier alpha value is -1.46. The van der Waals surface area contributed by atoms with Crippen LogP contribution in [0.3, 0.4) is 0 Å². The van der Waals surface area contributed by atoms with Crippen molar-refractivity contribution in [2.75, 3.05) is 0 Å². The Bertz CT molecular complexity index is 350. The number of hydrogen-bond donors (Lipinski definition) is 2. The summed E-state index contributed by atoms with van der Waals surface area (Å²) < 4.78 is 10.3. The number of carbonyl (C=O) groups is 2. The first-order valence-corrected chi connectivity index (χ1v) is 6.30. The summed E-state index contributed by atoms with van der Waals surface area (Å²) in [7, 11) is 0. The number of hydrogen-bond acceptors (Lipinski definition) is 4. The molecule has 0 unspecified atom stereocenters. The van der Waals surface area contributed by atoms with E-state index in [9.17, 15) is 9.59 Å². The van der Waals surface area contributed by atoms with Crippen LogP contribution < -0.4 is 10.6 Å². The summed E-state index contributed by atoms with van der Waals surface area (Å²) in [6, 6.07) is 0.1000. The Labute approximate surface area is 106 Å². The predicted molar refractivity (Wildman–Crippen MR) is 64.2 cm³/mol. The van der Waals surface area contributed by atoms with E-state index >= 15 is 0 Å². The van der Waals surface area contributed by atoms with E-state index in [-0.39, 0.29) is 24.3 Å². The van der Waals surface area contributed by atoms with Gasteiger partial charge in [0.2, 0.25) is 0 Å². The van der Waals surface area contributed by atoms with Crippen LogP contribution >= 0.6 is 0 Å². The predicted octanol–water partition coefficient (Wildman–Crippen LogP) is 1.54. The zero-order valence-electron chi connectivity index (χ0n) is 11.0. The zero-order valence-corrected chi connectivity index (χ0v) is 11.0. The van der Waals surface area contributed by atoms with E-state index < -0.39 is 11.7 Å². The van der Waals surface area contributed by atoms with Crippen LogP contribution in [-0.4, -0.2) is 36.0 Å². The molecule has 3 atom stereocenters. The highest BCUT2D eigenvalue weighted by molar-refractivity contribution is 5.70. The normalized spacial score (nSPS) is 31.1. The van der Waals surface area contributed by atoms with Gasteiger partial charge in [-0.25, -0.2) is 9.59 Å². The lowest BCUT2D eigenvalue weighted by Crippen LogP contribution is -2.47. The van der Waals surface area contributed by atoms with E-state index in [1.165, 1.54) is 0 Å². The van der Waals surface area contributed by atoms with Crippen LogP contribution in [-0.2, 0) is 9.47 Å². The molecule has 2 amide bonds. The molecule has 0 radical (unpaired) electrons. The van der Waals surface area contributed by atoms with E-state index in [0.717, 1.165) is 12.8 Å². The zero-order chi connectivity index (χ0) is 13.3. The number of carbonyl (C=O) groups excluding carboxylic acids is 2. The highest BCUT2D eigenvalue weighted by atomic mass is 16.6. The lowest BCUT2D eigenvalue weighted by Gasteiger charge is -2.30. The third kappa shape index (κ3) is 3.27. The van der Waals surface area contributed by atoms with Crippen molar-refractivity contribution in [1.29, 1.82) is 0 Å². The number of nitrogens with one attached hydrogen (secondary N) is 2. The average molecular weight is 256 g/mol. The van der Waals surface area contributed by atoms with Crippen molar-refractivity contribution in [2.24, 2.45) is 0 Å². The molecule has 2 fully saturated rings. The van der Waals surface area contributed by atoms with Gasteiger partial charge in [-0.2, -0.15) is 0 Å². The molecule has 1 aliphatic carbocycles. The maximum atomic E-state index is 11.6. The van der Waals surface area contributed by atoms with Gasteiger partial charge in [0.25, 0.3) is 0 Å². The fourth-order valence-electron chi connectivity index (χ4n) is 2.35. The largest absolute Gasteiger partial charge is 0.444 e. The quantitative estimate of drug-likeness (QED) is 0.746. The first kappa shape index (κ1) is 13.0. The van der Waals surface area contributed by atoms with E-state index in [1.54, 1.807) is 0 Å². The molecular weight excluding hydrogens is 236 g/mol. The fourth-order valence-corrected chi connectivity index (χ4v) is 2.35. The van der Waals surface area contributed by atoms with Gasteiger partial charge in [-0.1, -0.05) is 0 Å². The van der Waals surface area contributed by atoms with Gasteiger partial charge in [0.05, 0.1) is 6.04 Å². The highest BCUT2D eigenvalue weighted by Crippen LogP contribution is 2.26. The maximum absolute atomic E-state index is 11.6. The van der Waals surface area contributed by atoms with Crippen molar-refractivity contribution in [2.45, 2.75) is 63.8 Å². The third-order valence-electron chi connectivity index (χ3n) is 3.07. The molecule has 0 bridgehead atoms. The SMILES string of the molecule is CC(C)(C)OC(=O)N[C@H]1CC[C@@H]2NC(=O)O[C@H]2C1. The fraction of sp³-hybridized carbons (Fsp3) is 0.833. The average Bonchev–Trinajstić information content (AvgIpc) is 2.53. The molecule has 1 saturated heterocycles. The van der Waals surface area contributed by atoms with Crippen LogP contribution in [0.1, 0.15) is 40.0 Å². The highest BCUT2D eigenvalue weighted by Gasteiger charge is 2.39. The van der Waals surface area contributed by atoms with Crippen molar-refractivity contribution < 1.29 is 19.1 Å². The van der Waals surface area contributed by atoms with E-state index in [0.29, 0.717) is 6.42 Å². The van der Waals surface area contributed by atoms with Gasteiger partial charge in [-0.3, -0.25) is 0 Å². The monoisotopic (exact) mass is 256 g/mol. The summed E-state index contributed by atoms with van der Waals surface area (Å²) in [4.78, 5) is 22.7. The van der Waals surface area contributed by atoms with Gasteiger partial charge < -0.3 is 20.1 Å². The number of fused-ring (bicyclic) bond motifs is 1. The molecule has 2 N–H and O–H groups in total. The van der Waals surface area contributed by atoms with Gasteiger partial charge in [0.1, 0.15) is 11.7 Å². The Kier molecular flexibility index (Phi) is 3.36. The van der Waals surface area contributed by atoms with Crippen molar-refractivity contribution in [3.05, 3.63) is 0 Å². The first-order valence-electron chi connectivity index (χ1n) is 6.30. The maximum Gasteiger partial charge on any atom is 0.407 e. The second-order valence-corrected chi connectivity index (χ2v) is 5.85. The lowest BCUT2D eigenvalue weighted by molar-refractivity contribution is 0.0453. The Balaban J connectivity index is 1.81. The van der Waals surface area contributed by atoms with Crippen LogP contribution in [0.25, 0.3) is 0 Å². The van der Waals surface area contributed by atoms with Crippen molar-refractivity contribution in [3.63, 3.8) is 0 Å². The second-order valence-electron chi connectivity index (χ2n) is 5.85. The van der Waals surface area contributed by atoms with Crippen LogP contribution in [0, 0.1) is 0 Å². The third-order valence-corrected chi connectivity index (χ3v) is 3.07. The van der Waals surface area contributed by atoms with Crippen molar-refractivity contribution in [3.8, 4) is 0 Å². The topological polar surface area (TPSA) is 76.7 Å². The molecule has 0 spiro atoms. The van der Waals surface area contributed by atoms with E-state index in [2.05, 4.69) is 10.6 Å². The number of rotatable bonds is 1. The molecule has 6 heteroatoms. The van der Waals surface area contributed by atoms with Crippen LogP contribution in [0.4, 0.5) is 9.59 Å². The molecule has 2 rings (SSSR count). The summed E-state index contributed by atoms with van der Waals surface area (Å²) >= 11 is 0. The molecule has 2 aliphatic rings. The van der Waals surface area contributed by atoms with E-state index in [1.807, 2.05) is 20.8 Å². The van der Waals surface area contributed by atoms with Crippen LogP contribution in [0.15, 0.2) is 0 Å². The van der Waals surface area contributed by atoms with Gasteiger partial charge in [0, 0.05) is 12.5 Å². The van der Waals surface area contributed by atoms with Gasteiger partial charge in [-0.05, 0) is 33.6 Å². The van der Waals surface area contributed by atoms with Crippen molar-refractivity contribution in [1.82, 2.24) is 10.6 Å². The smallest absolute Gasteiger partial charge is 0.407 e. The minimum atomic E-state index is -0.497. The molecule has 1 saturated carbocycles. The Morgan fingerprint density at radius 2 is 2.17 bits per heavy atom. The summed E-state index contributed by atoms with van der Waals surface area (Å²) in [5, 5.41) is 5.59. The van der Waals surface area contributed by atoms with Gasteiger partial charge in [0.15, 0.2) is 0 Å². The number of amides is 2. The van der Waals surface area contributed by atoms with E-state index in [4.69, 9.17) is 9.47 Å². The van der Waals surface area contributed by atoms with Crippen LogP contribution in [0.5, 0.6) is 0 Å². The molecule has 1 heterocycles. The summed E-state index contributed by atoms with van der Waals surface area (Å²) in [6.07, 6.45) is 1.38. The number of ether oxygens (including phenoxy) is 2. The molecule has 102 valence electrons. The van der Waals surface area contributed by atoms with Crippen molar-refractivity contribution >= 4 is 12.2 Å². The minimum Gasteiger partial charge on any atom is -0.444 e. The molecule has 0 aromatic heterocycles. The van der Waals surface area contributed by atoms with Gasteiger partial charge in [-0.15, -0.1) is 0 Å². The Morgan fingerprint density at radius 1 is 1.44 bits per heavy atom. The molecule has 0 aromatic rings. The molecule has 6 nitrogen and oxygen atoms in total. The minimum absolute atomic E-state index is 0.00815. The standard InChI is InChI=1S/C12H20N2O4/c1-12(2,3)18-11(16)13-7-4-5-8-9(6-7)17-10(15)14-8/h7-9H,4-6H2,1-3H3,(H,13,16)(H,14,15)/t7-,8-,9-/m0/s1. The van der Waals surface area contributed by atoms with Gasteiger partial charge >= 0.3 is 12.2 Å². The summed E-state index contributed by atoms with van der Waals surface area (Å²) in [5.41, 5.74) is -0.497. The van der Waals surface area contributed by atoms with Crippen LogP contribution in [0.2, 0.25) is 0 Å². The molecule has 18 heavy (non-hydrogen) atoms. The number of alkyl carbamates (subject to hydrolysis) is 2.